The fourth-order valence-corrected chi connectivity index (χ4v) is 2.86. The summed E-state index contributed by atoms with van der Waals surface area (Å²) in [5.41, 5.74) is -0.137. The summed E-state index contributed by atoms with van der Waals surface area (Å²) in [6.07, 6.45) is 0.983. The van der Waals surface area contributed by atoms with Crippen LogP contribution in [0.1, 0.15) is 42.7 Å². The Morgan fingerprint density at radius 2 is 1.55 bits per heavy atom. The minimum absolute atomic E-state index is 0.0424. The lowest BCUT2D eigenvalue weighted by Crippen LogP contribution is -2.12. The molecule has 0 N–H and O–H groups in total. The van der Waals surface area contributed by atoms with E-state index >= 15 is 0 Å². The van der Waals surface area contributed by atoms with Crippen molar-refractivity contribution in [1.82, 2.24) is 0 Å². The smallest absolute Gasteiger partial charge is 0.206 e. The summed E-state index contributed by atoms with van der Waals surface area (Å²) in [5.74, 6) is -1.44. The van der Waals surface area contributed by atoms with Crippen LogP contribution in [0.4, 0.5) is 22.0 Å². The molecule has 0 nitrogen and oxygen atoms in total. The predicted octanol–water partition coefficient (Wildman–Crippen LogP) is 6.00. The van der Waals surface area contributed by atoms with Gasteiger partial charge >= 0.3 is 6.18 Å². The number of alkyl halides is 3. The van der Waals surface area contributed by atoms with Gasteiger partial charge in [-0.1, -0.05) is 6.08 Å². The van der Waals surface area contributed by atoms with Gasteiger partial charge in [0.15, 0.2) is 0 Å². The first-order valence-corrected chi connectivity index (χ1v) is 7.17. The molecule has 0 unspecified atom stereocenters. The Labute approximate surface area is 126 Å². The summed E-state index contributed by atoms with van der Waals surface area (Å²) in [4.78, 5) is 0. The summed E-state index contributed by atoms with van der Waals surface area (Å²) < 4.78 is 64.1. The number of hydrogen-bond acceptors (Lipinski definition) is 0. The van der Waals surface area contributed by atoms with E-state index in [-0.39, 0.29) is 12.0 Å². The molecule has 1 aliphatic rings. The van der Waals surface area contributed by atoms with Crippen LogP contribution in [0.25, 0.3) is 6.08 Å². The molecular formula is C17H17F5. The van der Waals surface area contributed by atoms with E-state index in [1.165, 1.54) is 0 Å². The molecule has 0 aromatic heterocycles. The van der Waals surface area contributed by atoms with Crippen molar-refractivity contribution in [2.24, 2.45) is 5.92 Å². The minimum Gasteiger partial charge on any atom is -0.206 e. The van der Waals surface area contributed by atoms with Crippen LogP contribution < -0.4 is 0 Å². The number of halogens is 5. The van der Waals surface area contributed by atoms with Crippen molar-refractivity contribution in [3.63, 3.8) is 0 Å². The Morgan fingerprint density at radius 1 is 1.00 bits per heavy atom. The molecule has 1 aromatic carbocycles. The molecule has 0 bridgehead atoms. The lowest BCUT2D eigenvalue weighted by molar-refractivity contribution is -0.0790. The highest BCUT2D eigenvalue weighted by Gasteiger charge is 2.24. The Bertz CT molecular complexity index is 540. The third kappa shape index (κ3) is 4.18. The van der Waals surface area contributed by atoms with E-state index in [9.17, 15) is 22.0 Å². The van der Waals surface area contributed by atoms with Crippen molar-refractivity contribution in [3.8, 4) is 0 Å². The zero-order chi connectivity index (χ0) is 16.3. The molecule has 0 radical (unpaired) electrons. The first-order chi connectivity index (χ1) is 10.3. The molecule has 2 rings (SSSR count). The third-order valence-corrected chi connectivity index (χ3v) is 4.12. The first-order valence-electron chi connectivity index (χ1n) is 7.17. The Kier molecular flexibility index (Phi) is 5.04. The largest absolute Gasteiger partial charge is 0.409 e. The summed E-state index contributed by atoms with van der Waals surface area (Å²) in [7, 11) is 0. The van der Waals surface area contributed by atoms with Gasteiger partial charge in [-0.25, -0.2) is 8.78 Å². The normalized spacial score (nSPS) is 23.0. The van der Waals surface area contributed by atoms with Crippen LogP contribution in [0.5, 0.6) is 0 Å². The van der Waals surface area contributed by atoms with E-state index in [1.54, 1.807) is 0 Å². The van der Waals surface area contributed by atoms with Crippen molar-refractivity contribution < 1.29 is 22.0 Å². The zero-order valence-electron chi connectivity index (χ0n) is 12.0. The topological polar surface area (TPSA) is 0 Å². The second-order valence-electron chi connectivity index (χ2n) is 5.62. The Morgan fingerprint density at radius 3 is 2.00 bits per heavy atom. The molecular weight excluding hydrogens is 299 g/mol. The lowest BCUT2D eigenvalue weighted by atomic mass is 9.78. The molecule has 0 aliphatic heterocycles. The molecule has 5 heteroatoms. The molecule has 1 fully saturated rings. The Hall–Kier alpha value is -1.65. The second-order valence-corrected chi connectivity index (χ2v) is 5.62. The first kappa shape index (κ1) is 16.7. The van der Waals surface area contributed by atoms with Crippen LogP contribution in [0.3, 0.4) is 0 Å². The van der Waals surface area contributed by atoms with Gasteiger partial charge in [-0.05, 0) is 61.3 Å². The van der Waals surface area contributed by atoms with Gasteiger partial charge in [0, 0.05) is 11.6 Å². The van der Waals surface area contributed by atoms with Crippen LogP contribution in [0.15, 0.2) is 30.9 Å². The standard InChI is InChI=1S/C17H17F5/c1-2-11-3-5-12(6-4-11)13-9-15(18)14(16(19)10-13)7-8-17(20,21)22/h2,7-12H,1,3-6H2. The number of allylic oxidation sites excluding steroid dienone is 2. The maximum absolute atomic E-state index is 13.9. The second kappa shape index (κ2) is 6.63. The summed E-state index contributed by atoms with van der Waals surface area (Å²) in [5, 5.41) is 0. The van der Waals surface area contributed by atoms with Gasteiger partial charge in [-0.3, -0.25) is 0 Å². The lowest BCUT2D eigenvalue weighted by Gasteiger charge is -2.27. The molecule has 22 heavy (non-hydrogen) atoms. The van der Waals surface area contributed by atoms with Crippen LogP contribution in [0.2, 0.25) is 0 Å². The maximum Gasteiger partial charge on any atom is 0.409 e. The van der Waals surface area contributed by atoms with Gasteiger partial charge in [0.25, 0.3) is 0 Å². The number of benzene rings is 1. The minimum atomic E-state index is -4.60. The van der Waals surface area contributed by atoms with Crippen molar-refractivity contribution in [1.29, 1.82) is 0 Å². The van der Waals surface area contributed by atoms with E-state index in [4.69, 9.17) is 0 Å². The van der Waals surface area contributed by atoms with E-state index in [2.05, 4.69) is 6.58 Å². The fraction of sp³-hybridized carbons (Fsp3) is 0.412. The van der Waals surface area contributed by atoms with Crippen molar-refractivity contribution >= 4 is 6.08 Å². The van der Waals surface area contributed by atoms with E-state index in [0.717, 1.165) is 37.8 Å². The molecule has 0 amide bonds. The predicted molar refractivity (Wildman–Crippen MR) is 76.3 cm³/mol. The zero-order valence-corrected chi connectivity index (χ0v) is 12.0. The monoisotopic (exact) mass is 316 g/mol. The third-order valence-electron chi connectivity index (χ3n) is 4.12. The SMILES string of the molecule is C=CC1CCC(c2cc(F)c(C=CC(F)(F)F)c(F)c2)CC1. The van der Waals surface area contributed by atoms with Crippen molar-refractivity contribution in [2.75, 3.05) is 0 Å². The molecule has 1 aliphatic carbocycles. The number of rotatable bonds is 3. The Balaban J connectivity index is 2.20. The van der Waals surface area contributed by atoms with Gasteiger partial charge in [0.05, 0.1) is 0 Å². The molecule has 1 aromatic rings. The molecule has 0 atom stereocenters. The summed E-state index contributed by atoms with van der Waals surface area (Å²) in [6.45, 7) is 3.74. The highest BCUT2D eigenvalue weighted by molar-refractivity contribution is 5.52. The fourth-order valence-electron chi connectivity index (χ4n) is 2.86. The van der Waals surface area contributed by atoms with Gasteiger partial charge in [0.2, 0.25) is 0 Å². The average Bonchev–Trinajstić information content (AvgIpc) is 2.45. The highest BCUT2D eigenvalue weighted by Crippen LogP contribution is 2.37. The maximum atomic E-state index is 13.9. The van der Waals surface area contributed by atoms with Gasteiger partial charge in [-0.15, -0.1) is 6.58 Å². The van der Waals surface area contributed by atoms with Gasteiger partial charge in [0.1, 0.15) is 11.6 Å². The quantitative estimate of drug-likeness (QED) is 0.474. The van der Waals surface area contributed by atoms with E-state index in [0.29, 0.717) is 17.6 Å². The van der Waals surface area contributed by atoms with Gasteiger partial charge < -0.3 is 0 Å². The molecule has 0 heterocycles. The number of hydrogen-bond donors (Lipinski definition) is 0. The average molecular weight is 316 g/mol. The van der Waals surface area contributed by atoms with Crippen molar-refractivity contribution in [3.05, 3.63) is 53.6 Å². The molecule has 1 saturated carbocycles. The molecule has 0 saturated heterocycles. The van der Waals surface area contributed by atoms with E-state index in [1.807, 2.05) is 6.08 Å². The van der Waals surface area contributed by atoms with Crippen LogP contribution in [-0.4, -0.2) is 6.18 Å². The van der Waals surface area contributed by atoms with E-state index < -0.39 is 23.4 Å². The summed E-state index contributed by atoms with van der Waals surface area (Å²) >= 11 is 0. The molecule has 0 spiro atoms. The van der Waals surface area contributed by atoms with Crippen LogP contribution >= 0.6 is 0 Å². The molecule has 120 valence electrons. The van der Waals surface area contributed by atoms with Crippen molar-refractivity contribution in [2.45, 2.75) is 37.8 Å². The van der Waals surface area contributed by atoms with Gasteiger partial charge in [-0.2, -0.15) is 13.2 Å². The van der Waals surface area contributed by atoms with Crippen LogP contribution in [-0.2, 0) is 0 Å². The summed E-state index contributed by atoms with van der Waals surface area (Å²) in [6, 6.07) is 2.30. The highest BCUT2D eigenvalue weighted by atomic mass is 19.4. The van der Waals surface area contributed by atoms with Crippen LogP contribution in [0, 0.1) is 17.6 Å².